The summed E-state index contributed by atoms with van der Waals surface area (Å²) in [6, 6.07) is 10.7. The third kappa shape index (κ3) is 3.40. The first kappa shape index (κ1) is 15.2. The normalized spacial score (nSPS) is 10.5. The van der Waals surface area contributed by atoms with Crippen LogP contribution in [0.4, 0.5) is 0 Å². The van der Waals surface area contributed by atoms with Gasteiger partial charge in [0.25, 0.3) is 5.91 Å². The van der Waals surface area contributed by atoms with Crippen molar-refractivity contribution in [2.24, 2.45) is 7.05 Å². The Bertz CT molecular complexity index is 844. The zero-order chi connectivity index (χ0) is 16.2. The molecule has 23 heavy (non-hydrogen) atoms. The number of pyridine rings is 1. The molecule has 1 amide bonds. The summed E-state index contributed by atoms with van der Waals surface area (Å²) in [5.74, 6) is -0.211. The van der Waals surface area contributed by atoms with Gasteiger partial charge < -0.3 is 5.32 Å². The lowest BCUT2D eigenvalue weighted by molar-refractivity contribution is 0.0951. The number of aromatic nitrogens is 3. The van der Waals surface area contributed by atoms with Gasteiger partial charge in [-0.1, -0.05) is 29.8 Å². The second kappa shape index (κ2) is 6.62. The van der Waals surface area contributed by atoms with Crippen LogP contribution in [0.5, 0.6) is 0 Å². The predicted molar refractivity (Wildman–Crippen MR) is 89.1 cm³/mol. The lowest BCUT2D eigenvalue weighted by atomic mass is 10.1. The zero-order valence-electron chi connectivity index (χ0n) is 12.5. The number of halogens is 1. The third-order valence-electron chi connectivity index (χ3n) is 3.43. The van der Waals surface area contributed by atoms with Crippen molar-refractivity contribution in [3.05, 3.63) is 71.1 Å². The molecule has 1 N–H and O–H groups in total. The Morgan fingerprint density at radius 3 is 2.83 bits per heavy atom. The van der Waals surface area contributed by atoms with Crippen molar-refractivity contribution >= 4 is 17.5 Å². The third-order valence-corrected chi connectivity index (χ3v) is 3.76. The maximum absolute atomic E-state index is 12.3. The smallest absolute Gasteiger partial charge is 0.253 e. The zero-order valence-corrected chi connectivity index (χ0v) is 13.3. The molecule has 0 aliphatic rings. The van der Waals surface area contributed by atoms with Crippen LogP contribution in [0.2, 0.25) is 5.02 Å². The molecule has 0 bridgehead atoms. The lowest BCUT2D eigenvalue weighted by Gasteiger charge is -2.09. The molecule has 0 saturated heterocycles. The number of nitrogens with zero attached hydrogens (tertiary/aromatic N) is 3. The van der Waals surface area contributed by atoms with E-state index in [4.69, 9.17) is 11.6 Å². The van der Waals surface area contributed by atoms with Gasteiger partial charge in [-0.25, -0.2) is 0 Å². The van der Waals surface area contributed by atoms with Gasteiger partial charge in [-0.3, -0.25) is 14.5 Å². The fourth-order valence-electron chi connectivity index (χ4n) is 2.30. The quantitative estimate of drug-likeness (QED) is 0.801. The largest absolute Gasteiger partial charge is 0.348 e. The van der Waals surface area contributed by atoms with Crippen LogP contribution in [0.1, 0.15) is 15.9 Å². The molecule has 0 atom stereocenters. The molecular weight excluding hydrogens is 312 g/mol. The highest BCUT2D eigenvalue weighted by Gasteiger charge is 2.12. The van der Waals surface area contributed by atoms with E-state index in [1.54, 1.807) is 41.3 Å². The molecule has 6 heteroatoms. The molecule has 0 radical (unpaired) electrons. The monoisotopic (exact) mass is 326 g/mol. The second-order valence-corrected chi connectivity index (χ2v) is 5.48. The standard InChI is InChI=1S/C17H15ClN4O/c1-22-11-13(10-21-22)16-12(5-4-8-19-16)9-20-17(23)14-6-2-3-7-15(14)18/h2-8,10-11H,9H2,1H3,(H,20,23). The molecule has 0 fully saturated rings. The number of benzene rings is 1. The fraction of sp³-hybridized carbons (Fsp3) is 0.118. The summed E-state index contributed by atoms with van der Waals surface area (Å²) in [6.45, 7) is 0.363. The van der Waals surface area contributed by atoms with Crippen molar-refractivity contribution < 1.29 is 4.79 Å². The average Bonchev–Trinajstić information content (AvgIpc) is 2.99. The van der Waals surface area contributed by atoms with Gasteiger partial charge >= 0.3 is 0 Å². The Morgan fingerprint density at radius 1 is 1.26 bits per heavy atom. The molecule has 5 nitrogen and oxygen atoms in total. The van der Waals surface area contributed by atoms with Gasteiger partial charge in [-0.05, 0) is 23.8 Å². The molecule has 0 saturated carbocycles. The average molecular weight is 327 g/mol. The Morgan fingerprint density at radius 2 is 2.09 bits per heavy atom. The van der Waals surface area contributed by atoms with Crippen molar-refractivity contribution in [2.75, 3.05) is 0 Å². The van der Waals surface area contributed by atoms with Crippen LogP contribution >= 0.6 is 11.6 Å². The Balaban J connectivity index is 1.79. The molecule has 3 aromatic rings. The van der Waals surface area contributed by atoms with Gasteiger partial charge in [0.2, 0.25) is 0 Å². The minimum Gasteiger partial charge on any atom is -0.348 e. The molecule has 2 heterocycles. The van der Waals surface area contributed by atoms with Crippen LogP contribution in [0.15, 0.2) is 55.0 Å². The number of nitrogens with one attached hydrogen (secondary N) is 1. The van der Waals surface area contributed by atoms with E-state index in [0.29, 0.717) is 17.1 Å². The lowest BCUT2D eigenvalue weighted by Crippen LogP contribution is -2.23. The minimum atomic E-state index is -0.211. The van der Waals surface area contributed by atoms with Crippen LogP contribution < -0.4 is 5.32 Å². The van der Waals surface area contributed by atoms with E-state index in [1.165, 1.54) is 0 Å². The van der Waals surface area contributed by atoms with E-state index in [9.17, 15) is 4.79 Å². The predicted octanol–water partition coefficient (Wildman–Crippen LogP) is 3.07. The summed E-state index contributed by atoms with van der Waals surface area (Å²) in [6.07, 6.45) is 5.37. The summed E-state index contributed by atoms with van der Waals surface area (Å²) < 4.78 is 1.72. The molecule has 3 rings (SSSR count). The SMILES string of the molecule is Cn1cc(-c2ncccc2CNC(=O)c2ccccc2Cl)cn1. The number of rotatable bonds is 4. The molecule has 0 aliphatic heterocycles. The number of amides is 1. The van der Waals surface area contributed by atoms with Crippen LogP contribution in [0, 0.1) is 0 Å². The van der Waals surface area contributed by atoms with Crippen LogP contribution in [0.25, 0.3) is 11.3 Å². The summed E-state index contributed by atoms with van der Waals surface area (Å²) in [4.78, 5) is 16.7. The Hall–Kier alpha value is -2.66. The van der Waals surface area contributed by atoms with Gasteiger partial charge in [0, 0.05) is 31.5 Å². The maximum Gasteiger partial charge on any atom is 0.253 e. The molecule has 116 valence electrons. The van der Waals surface area contributed by atoms with Gasteiger partial charge in [0.15, 0.2) is 0 Å². The van der Waals surface area contributed by atoms with E-state index in [0.717, 1.165) is 16.8 Å². The van der Waals surface area contributed by atoms with Crippen molar-refractivity contribution in [2.45, 2.75) is 6.54 Å². The van der Waals surface area contributed by atoms with Gasteiger partial charge in [-0.15, -0.1) is 0 Å². The summed E-state index contributed by atoms with van der Waals surface area (Å²) in [7, 11) is 1.85. The first-order chi connectivity index (χ1) is 11.1. The number of carbonyl (C=O) groups excluding carboxylic acids is 1. The highest BCUT2D eigenvalue weighted by molar-refractivity contribution is 6.33. The van der Waals surface area contributed by atoms with Gasteiger partial charge in [0.1, 0.15) is 0 Å². The van der Waals surface area contributed by atoms with Crippen molar-refractivity contribution in [1.29, 1.82) is 0 Å². The summed E-state index contributed by atoms with van der Waals surface area (Å²) >= 11 is 6.05. The molecule has 0 aliphatic carbocycles. The number of hydrogen-bond acceptors (Lipinski definition) is 3. The maximum atomic E-state index is 12.3. The number of hydrogen-bond donors (Lipinski definition) is 1. The van der Waals surface area contributed by atoms with Gasteiger partial charge in [-0.2, -0.15) is 5.10 Å². The summed E-state index contributed by atoms with van der Waals surface area (Å²) in [5.41, 5.74) is 3.09. The Labute approximate surface area is 138 Å². The highest BCUT2D eigenvalue weighted by atomic mass is 35.5. The first-order valence-electron chi connectivity index (χ1n) is 7.11. The summed E-state index contributed by atoms with van der Waals surface area (Å²) in [5, 5.41) is 7.48. The first-order valence-corrected chi connectivity index (χ1v) is 7.48. The van der Waals surface area contributed by atoms with Crippen LogP contribution in [-0.4, -0.2) is 20.7 Å². The molecule has 0 unspecified atom stereocenters. The van der Waals surface area contributed by atoms with E-state index < -0.39 is 0 Å². The van der Waals surface area contributed by atoms with E-state index in [-0.39, 0.29) is 5.91 Å². The van der Waals surface area contributed by atoms with E-state index in [2.05, 4.69) is 15.4 Å². The number of carbonyl (C=O) groups is 1. The topological polar surface area (TPSA) is 59.8 Å². The molecule has 2 aromatic heterocycles. The van der Waals surface area contributed by atoms with Gasteiger partial charge in [0.05, 0.1) is 22.5 Å². The van der Waals surface area contributed by atoms with E-state index >= 15 is 0 Å². The molecular formula is C17H15ClN4O. The van der Waals surface area contributed by atoms with Crippen LogP contribution in [0.3, 0.4) is 0 Å². The second-order valence-electron chi connectivity index (χ2n) is 5.08. The molecule has 1 aromatic carbocycles. The van der Waals surface area contributed by atoms with Crippen molar-refractivity contribution in [3.63, 3.8) is 0 Å². The van der Waals surface area contributed by atoms with Crippen molar-refractivity contribution in [1.82, 2.24) is 20.1 Å². The van der Waals surface area contributed by atoms with Crippen molar-refractivity contribution in [3.8, 4) is 11.3 Å². The number of aryl methyl sites for hydroxylation is 1. The van der Waals surface area contributed by atoms with Crippen LogP contribution in [-0.2, 0) is 13.6 Å². The molecule has 0 spiro atoms. The fourth-order valence-corrected chi connectivity index (χ4v) is 2.52. The highest BCUT2D eigenvalue weighted by Crippen LogP contribution is 2.20. The minimum absolute atomic E-state index is 0.211. The van der Waals surface area contributed by atoms with E-state index in [1.807, 2.05) is 25.4 Å². The Kier molecular flexibility index (Phi) is 4.39.